The summed E-state index contributed by atoms with van der Waals surface area (Å²) in [5.74, 6) is 2.18. The zero-order valence-electron chi connectivity index (χ0n) is 17.9. The first-order valence-corrected chi connectivity index (χ1v) is 9.19. The van der Waals surface area contributed by atoms with Crippen molar-refractivity contribution in [3.63, 3.8) is 0 Å². The van der Waals surface area contributed by atoms with Crippen LogP contribution in [-0.4, -0.2) is 46.7 Å². The summed E-state index contributed by atoms with van der Waals surface area (Å²) in [7, 11) is 7.54. The fraction of sp³-hybridized carbons (Fsp3) is 0.273. The van der Waals surface area contributed by atoms with Crippen molar-refractivity contribution in [1.82, 2.24) is 5.16 Å². The van der Waals surface area contributed by atoms with Crippen LogP contribution < -0.4 is 23.7 Å². The molecule has 164 valence electrons. The number of aromatic nitrogens is 1. The van der Waals surface area contributed by atoms with Crippen LogP contribution >= 0.6 is 0 Å². The van der Waals surface area contributed by atoms with Gasteiger partial charge in [-0.3, -0.25) is 0 Å². The zero-order chi connectivity index (χ0) is 22.4. The maximum Gasteiger partial charge on any atom is 0.338 e. The molecule has 0 N–H and O–H groups in total. The summed E-state index contributed by atoms with van der Waals surface area (Å²) in [6.45, 7) is -0.0771. The van der Waals surface area contributed by atoms with Crippen LogP contribution in [0.2, 0.25) is 0 Å². The third kappa shape index (κ3) is 4.66. The Bertz CT molecular complexity index is 1030. The molecule has 0 spiro atoms. The van der Waals surface area contributed by atoms with Gasteiger partial charge < -0.3 is 32.9 Å². The van der Waals surface area contributed by atoms with Gasteiger partial charge in [-0.25, -0.2) is 4.79 Å². The molecule has 1 heterocycles. The molecule has 3 rings (SSSR count). The van der Waals surface area contributed by atoms with Gasteiger partial charge in [-0.05, 0) is 30.3 Å². The molecule has 1 aromatic heterocycles. The molecule has 0 unspecified atom stereocenters. The van der Waals surface area contributed by atoms with Crippen molar-refractivity contribution >= 4 is 5.97 Å². The topological polar surface area (TPSA) is 98.5 Å². The van der Waals surface area contributed by atoms with Gasteiger partial charge in [-0.1, -0.05) is 5.16 Å². The van der Waals surface area contributed by atoms with Crippen LogP contribution in [0.3, 0.4) is 0 Å². The number of esters is 1. The van der Waals surface area contributed by atoms with Crippen molar-refractivity contribution in [2.24, 2.45) is 0 Å². The van der Waals surface area contributed by atoms with Crippen LogP contribution in [0.5, 0.6) is 28.7 Å². The van der Waals surface area contributed by atoms with E-state index >= 15 is 0 Å². The first-order valence-electron chi connectivity index (χ1n) is 9.19. The van der Waals surface area contributed by atoms with E-state index in [1.165, 1.54) is 33.5 Å². The van der Waals surface area contributed by atoms with Crippen molar-refractivity contribution in [3.05, 3.63) is 47.7 Å². The molecule has 0 saturated carbocycles. The number of hydrogen-bond acceptors (Lipinski definition) is 9. The number of hydrogen-bond donors (Lipinski definition) is 0. The van der Waals surface area contributed by atoms with E-state index in [9.17, 15) is 4.79 Å². The van der Waals surface area contributed by atoms with Crippen molar-refractivity contribution in [3.8, 4) is 40.1 Å². The highest BCUT2D eigenvalue weighted by atomic mass is 16.5. The van der Waals surface area contributed by atoms with Gasteiger partial charge >= 0.3 is 5.97 Å². The lowest BCUT2D eigenvalue weighted by Crippen LogP contribution is -2.07. The smallest absolute Gasteiger partial charge is 0.338 e. The van der Waals surface area contributed by atoms with Gasteiger partial charge in [0.1, 0.15) is 12.3 Å². The van der Waals surface area contributed by atoms with Crippen molar-refractivity contribution in [2.45, 2.75) is 6.61 Å². The normalized spacial score (nSPS) is 10.4. The number of methoxy groups -OCH3 is 5. The molecule has 0 aliphatic heterocycles. The van der Waals surface area contributed by atoms with E-state index in [-0.39, 0.29) is 12.2 Å². The first kappa shape index (κ1) is 21.8. The second-order valence-electron chi connectivity index (χ2n) is 6.24. The second kappa shape index (κ2) is 9.75. The standard InChI is InChI=1S/C22H23NO8/c1-25-16-7-6-13(8-18(16)26-2)17-11-15(23-31-17)12-30-22(24)14-9-19(27-3)21(29-5)20(10-14)28-4/h6-11H,12H2,1-5H3. The molecule has 0 aliphatic carbocycles. The van der Waals surface area contributed by atoms with Crippen LogP contribution in [-0.2, 0) is 11.3 Å². The Labute approximate surface area is 179 Å². The van der Waals surface area contributed by atoms with E-state index < -0.39 is 5.97 Å². The van der Waals surface area contributed by atoms with Crippen molar-refractivity contribution < 1.29 is 37.7 Å². The van der Waals surface area contributed by atoms with Crippen LogP contribution in [0, 0.1) is 0 Å². The highest BCUT2D eigenvalue weighted by Gasteiger charge is 2.19. The molecule has 31 heavy (non-hydrogen) atoms. The van der Waals surface area contributed by atoms with Gasteiger partial charge in [-0.2, -0.15) is 0 Å². The van der Waals surface area contributed by atoms with Crippen LogP contribution in [0.15, 0.2) is 40.9 Å². The van der Waals surface area contributed by atoms with Crippen LogP contribution in [0.1, 0.15) is 16.1 Å². The van der Waals surface area contributed by atoms with E-state index in [0.717, 1.165) is 5.56 Å². The summed E-state index contributed by atoms with van der Waals surface area (Å²) in [4.78, 5) is 12.5. The fourth-order valence-electron chi connectivity index (χ4n) is 2.93. The van der Waals surface area contributed by atoms with E-state index in [0.29, 0.717) is 40.2 Å². The molecule has 0 amide bonds. The quantitative estimate of drug-likeness (QED) is 0.471. The minimum atomic E-state index is -0.574. The molecular weight excluding hydrogens is 406 g/mol. The Hall–Kier alpha value is -3.88. The molecule has 0 radical (unpaired) electrons. The Kier molecular flexibility index (Phi) is 6.86. The maximum atomic E-state index is 12.5. The Morgan fingerprint density at radius 1 is 0.806 bits per heavy atom. The summed E-state index contributed by atoms with van der Waals surface area (Å²) in [6, 6.07) is 10.1. The van der Waals surface area contributed by atoms with Gasteiger partial charge in [0.25, 0.3) is 0 Å². The SMILES string of the molecule is COc1ccc(-c2cc(COC(=O)c3cc(OC)c(OC)c(OC)c3)no2)cc1OC. The third-order valence-electron chi connectivity index (χ3n) is 4.48. The largest absolute Gasteiger partial charge is 0.493 e. The lowest BCUT2D eigenvalue weighted by molar-refractivity contribution is 0.0463. The minimum Gasteiger partial charge on any atom is -0.493 e. The monoisotopic (exact) mass is 429 g/mol. The lowest BCUT2D eigenvalue weighted by atomic mass is 10.1. The van der Waals surface area contributed by atoms with Gasteiger partial charge in [0.15, 0.2) is 28.8 Å². The van der Waals surface area contributed by atoms with Crippen molar-refractivity contribution in [1.29, 1.82) is 0 Å². The lowest BCUT2D eigenvalue weighted by Gasteiger charge is -2.13. The summed E-state index contributed by atoms with van der Waals surface area (Å²) in [5.41, 5.74) is 1.44. The van der Waals surface area contributed by atoms with E-state index in [4.69, 9.17) is 32.9 Å². The number of benzene rings is 2. The fourth-order valence-corrected chi connectivity index (χ4v) is 2.93. The highest BCUT2D eigenvalue weighted by Crippen LogP contribution is 2.38. The minimum absolute atomic E-state index is 0.0771. The summed E-state index contributed by atoms with van der Waals surface area (Å²) < 4.78 is 37.0. The number of nitrogens with zero attached hydrogens (tertiary/aromatic N) is 1. The molecule has 0 aliphatic rings. The molecule has 0 saturated heterocycles. The van der Waals surface area contributed by atoms with Crippen LogP contribution in [0.4, 0.5) is 0 Å². The Balaban J connectivity index is 1.73. The predicted molar refractivity (Wildman–Crippen MR) is 110 cm³/mol. The highest BCUT2D eigenvalue weighted by molar-refractivity contribution is 5.91. The molecule has 2 aromatic carbocycles. The average molecular weight is 429 g/mol. The molecule has 9 nitrogen and oxygen atoms in total. The molecule has 3 aromatic rings. The summed E-state index contributed by atoms with van der Waals surface area (Å²) >= 11 is 0. The summed E-state index contributed by atoms with van der Waals surface area (Å²) in [6.07, 6.45) is 0. The average Bonchev–Trinajstić information content (AvgIpc) is 3.29. The van der Waals surface area contributed by atoms with E-state index in [1.807, 2.05) is 6.07 Å². The van der Waals surface area contributed by atoms with Crippen LogP contribution in [0.25, 0.3) is 11.3 Å². The molecule has 0 bridgehead atoms. The van der Waals surface area contributed by atoms with Gasteiger partial charge in [0, 0.05) is 11.6 Å². The summed E-state index contributed by atoms with van der Waals surface area (Å²) in [5, 5.41) is 3.96. The Morgan fingerprint density at radius 2 is 1.45 bits per heavy atom. The van der Waals surface area contributed by atoms with Crippen molar-refractivity contribution in [2.75, 3.05) is 35.5 Å². The van der Waals surface area contributed by atoms with E-state index in [2.05, 4.69) is 5.16 Å². The third-order valence-corrected chi connectivity index (χ3v) is 4.48. The molecule has 0 fully saturated rings. The molecule has 0 atom stereocenters. The van der Waals surface area contributed by atoms with Gasteiger partial charge in [0.2, 0.25) is 5.75 Å². The Morgan fingerprint density at radius 3 is 2.03 bits per heavy atom. The van der Waals surface area contributed by atoms with E-state index in [1.54, 1.807) is 32.4 Å². The second-order valence-corrected chi connectivity index (χ2v) is 6.24. The predicted octanol–water partition coefficient (Wildman–Crippen LogP) is 3.74. The number of carbonyl (C=O) groups excluding carboxylic acids is 1. The molecular formula is C22H23NO8. The van der Waals surface area contributed by atoms with Gasteiger partial charge in [-0.15, -0.1) is 0 Å². The number of carbonyl (C=O) groups is 1. The zero-order valence-corrected chi connectivity index (χ0v) is 17.9. The number of ether oxygens (including phenoxy) is 6. The maximum absolute atomic E-state index is 12.5. The first-order chi connectivity index (χ1) is 15.0. The van der Waals surface area contributed by atoms with Gasteiger partial charge in [0.05, 0.1) is 41.1 Å². The number of rotatable bonds is 9. The molecule has 9 heteroatoms.